The predicted octanol–water partition coefficient (Wildman–Crippen LogP) is 2.74. The number of aliphatic hydroxyl groups excluding tert-OH is 1. The van der Waals surface area contributed by atoms with E-state index in [4.69, 9.17) is 4.74 Å². The summed E-state index contributed by atoms with van der Waals surface area (Å²) in [5.74, 6) is 0.743. The van der Waals surface area contributed by atoms with Gasteiger partial charge in [-0.3, -0.25) is 0 Å². The Labute approximate surface area is 87.7 Å². The molecule has 1 fully saturated rings. The van der Waals surface area contributed by atoms with Crippen LogP contribution in [-0.4, -0.2) is 23.9 Å². The zero-order valence-electron chi connectivity index (χ0n) is 9.54. The molecule has 1 saturated heterocycles. The average molecular weight is 200 g/mol. The zero-order chi connectivity index (χ0) is 10.4. The smallest absolute Gasteiger partial charge is 0.0578 e. The quantitative estimate of drug-likeness (QED) is 0.714. The van der Waals surface area contributed by atoms with Gasteiger partial charge >= 0.3 is 0 Å². The van der Waals surface area contributed by atoms with Crippen LogP contribution in [0.5, 0.6) is 0 Å². The fourth-order valence-electron chi connectivity index (χ4n) is 2.17. The second-order valence-corrected chi connectivity index (χ2v) is 4.57. The van der Waals surface area contributed by atoms with Crippen LogP contribution in [0.25, 0.3) is 0 Å². The van der Waals surface area contributed by atoms with Gasteiger partial charge in [0.2, 0.25) is 0 Å². The minimum absolute atomic E-state index is 0.145. The maximum atomic E-state index is 9.23. The Morgan fingerprint density at radius 3 is 2.71 bits per heavy atom. The van der Waals surface area contributed by atoms with E-state index in [1.54, 1.807) is 0 Å². The van der Waals surface area contributed by atoms with Crippen molar-refractivity contribution in [1.29, 1.82) is 0 Å². The van der Waals surface area contributed by atoms with Gasteiger partial charge in [-0.25, -0.2) is 0 Å². The summed E-state index contributed by atoms with van der Waals surface area (Å²) < 4.78 is 5.63. The summed E-state index contributed by atoms with van der Waals surface area (Å²) in [7, 11) is 0. The molecule has 0 aromatic rings. The molecule has 0 unspecified atom stereocenters. The van der Waals surface area contributed by atoms with Crippen LogP contribution in [0.1, 0.15) is 52.4 Å². The summed E-state index contributed by atoms with van der Waals surface area (Å²) in [6.45, 7) is 5.07. The van der Waals surface area contributed by atoms with E-state index in [2.05, 4.69) is 6.92 Å². The Morgan fingerprint density at radius 1 is 1.43 bits per heavy atom. The maximum absolute atomic E-state index is 9.23. The number of hydrogen-bond acceptors (Lipinski definition) is 2. The molecule has 0 saturated carbocycles. The molecule has 0 aromatic heterocycles. The van der Waals surface area contributed by atoms with Crippen molar-refractivity contribution >= 4 is 0 Å². The lowest BCUT2D eigenvalue weighted by atomic mass is 9.92. The van der Waals surface area contributed by atoms with Crippen LogP contribution in [0.3, 0.4) is 0 Å². The Balaban J connectivity index is 2.16. The summed E-state index contributed by atoms with van der Waals surface area (Å²) in [6.07, 6.45) is 7.33. The molecule has 0 radical (unpaired) electrons. The molecule has 84 valence electrons. The van der Waals surface area contributed by atoms with Crippen molar-refractivity contribution in [2.45, 2.75) is 64.6 Å². The third-order valence-electron chi connectivity index (χ3n) is 3.19. The van der Waals surface area contributed by atoms with Crippen LogP contribution in [0.15, 0.2) is 0 Å². The third kappa shape index (κ3) is 4.43. The van der Waals surface area contributed by atoms with Crippen LogP contribution in [-0.2, 0) is 4.74 Å². The summed E-state index contributed by atoms with van der Waals surface area (Å²) in [4.78, 5) is 0. The van der Waals surface area contributed by atoms with Gasteiger partial charge in [0, 0.05) is 6.61 Å². The van der Waals surface area contributed by atoms with Crippen molar-refractivity contribution in [3.05, 3.63) is 0 Å². The normalized spacial score (nSPS) is 26.4. The topological polar surface area (TPSA) is 29.5 Å². The second-order valence-electron chi connectivity index (χ2n) is 4.57. The Morgan fingerprint density at radius 2 is 2.21 bits per heavy atom. The van der Waals surface area contributed by atoms with Crippen molar-refractivity contribution in [3.8, 4) is 0 Å². The van der Waals surface area contributed by atoms with Crippen molar-refractivity contribution in [2.75, 3.05) is 6.61 Å². The van der Waals surface area contributed by atoms with Crippen molar-refractivity contribution in [3.63, 3.8) is 0 Å². The zero-order valence-corrected chi connectivity index (χ0v) is 9.54. The van der Waals surface area contributed by atoms with Gasteiger partial charge < -0.3 is 9.84 Å². The predicted molar refractivity (Wildman–Crippen MR) is 58.3 cm³/mol. The molecule has 1 heterocycles. The molecule has 0 spiro atoms. The highest BCUT2D eigenvalue weighted by Gasteiger charge is 2.19. The molecular weight excluding hydrogens is 176 g/mol. The summed E-state index contributed by atoms with van der Waals surface area (Å²) in [5.41, 5.74) is 0. The van der Waals surface area contributed by atoms with Gasteiger partial charge in [0.15, 0.2) is 0 Å². The first kappa shape index (κ1) is 12.0. The lowest BCUT2D eigenvalue weighted by Crippen LogP contribution is -2.14. The lowest BCUT2D eigenvalue weighted by molar-refractivity contribution is 0.0835. The van der Waals surface area contributed by atoms with Gasteiger partial charge in [-0.15, -0.1) is 0 Å². The molecule has 1 rings (SSSR count). The molecule has 0 aliphatic carbocycles. The molecular formula is C12H24O2. The molecule has 0 aromatic carbocycles. The monoisotopic (exact) mass is 200 g/mol. The van der Waals surface area contributed by atoms with Crippen LogP contribution >= 0.6 is 0 Å². The summed E-state index contributed by atoms with van der Waals surface area (Å²) in [5, 5.41) is 9.23. The highest BCUT2D eigenvalue weighted by atomic mass is 16.5. The van der Waals surface area contributed by atoms with E-state index in [0.29, 0.717) is 6.10 Å². The van der Waals surface area contributed by atoms with Crippen LogP contribution in [0.4, 0.5) is 0 Å². The molecule has 1 N–H and O–H groups in total. The average Bonchev–Trinajstić information content (AvgIpc) is 2.64. The number of aliphatic hydroxyl groups is 1. The van der Waals surface area contributed by atoms with Crippen LogP contribution in [0, 0.1) is 5.92 Å². The van der Waals surface area contributed by atoms with Crippen molar-refractivity contribution < 1.29 is 9.84 Å². The minimum Gasteiger partial charge on any atom is -0.393 e. The van der Waals surface area contributed by atoms with E-state index in [-0.39, 0.29) is 6.10 Å². The van der Waals surface area contributed by atoms with Crippen LogP contribution in [0.2, 0.25) is 0 Å². The van der Waals surface area contributed by atoms with E-state index >= 15 is 0 Å². The van der Waals surface area contributed by atoms with Gasteiger partial charge in [0.05, 0.1) is 12.2 Å². The Kier molecular flexibility index (Phi) is 5.49. The van der Waals surface area contributed by atoms with Gasteiger partial charge in [-0.1, -0.05) is 13.3 Å². The van der Waals surface area contributed by atoms with E-state index in [1.807, 2.05) is 6.92 Å². The van der Waals surface area contributed by atoms with E-state index in [1.165, 1.54) is 25.7 Å². The fraction of sp³-hybridized carbons (Fsp3) is 1.00. The van der Waals surface area contributed by atoms with E-state index in [9.17, 15) is 5.11 Å². The molecule has 1 aliphatic heterocycles. The standard InChI is InChI=1S/C12H24O2/c1-3-11(7-6-10(2)13)9-12-5-4-8-14-12/h10-13H,3-9H2,1-2H3/t10-,11-,12+/m1/s1. The van der Waals surface area contributed by atoms with Crippen molar-refractivity contribution in [2.24, 2.45) is 5.92 Å². The number of hydrogen-bond donors (Lipinski definition) is 1. The Hall–Kier alpha value is -0.0800. The first-order valence-corrected chi connectivity index (χ1v) is 6.02. The van der Waals surface area contributed by atoms with E-state index < -0.39 is 0 Å². The summed E-state index contributed by atoms with van der Waals surface area (Å²) >= 11 is 0. The first-order chi connectivity index (χ1) is 6.72. The van der Waals surface area contributed by atoms with E-state index in [0.717, 1.165) is 25.4 Å². The third-order valence-corrected chi connectivity index (χ3v) is 3.19. The first-order valence-electron chi connectivity index (χ1n) is 6.02. The SMILES string of the molecule is CC[C@H](CC[C@@H](C)O)C[C@@H]1CCCO1. The second kappa shape index (κ2) is 6.41. The maximum Gasteiger partial charge on any atom is 0.0578 e. The van der Waals surface area contributed by atoms with Crippen LogP contribution < -0.4 is 0 Å². The minimum atomic E-state index is -0.145. The molecule has 2 nitrogen and oxygen atoms in total. The van der Waals surface area contributed by atoms with Crippen molar-refractivity contribution in [1.82, 2.24) is 0 Å². The number of rotatable bonds is 6. The molecule has 14 heavy (non-hydrogen) atoms. The Bertz CT molecular complexity index is 139. The van der Waals surface area contributed by atoms with Gasteiger partial charge in [-0.05, 0) is 44.9 Å². The molecule has 1 aliphatic rings. The molecule has 3 atom stereocenters. The van der Waals surface area contributed by atoms with Gasteiger partial charge in [0.1, 0.15) is 0 Å². The molecule has 0 bridgehead atoms. The summed E-state index contributed by atoms with van der Waals surface area (Å²) in [6, 6.07) is 0. The number of ether oxygens (including phenoxy) is 1. The molecule has 2 heteroatoms. The fourth-order valence-corrected chi connectivity index (χ4v) is 2.17. The largest absolute Gasteiger partial charge is 0.393 e. The highest BCUT2D eigenvalue weighted by Crippen LogP contribution is 2.25. The lowest BCUT2D eigenvalue weighted by Gasteiger charge is -2.19. The van der Waals surface area contributed by atoms with Gasteiger partial charge in [0.25, 0.3) is 0 Å². The van der Waals surface area contributed by atoms with Gasteiger partial charge in [-0.2, -0.15) is 0 Å². The molecule has 0 amide bonds. The highest BCUT2D eigenvalue weighted by molar-refractivity contribution is 4.70.